The van der Waals surface area contributed by atoms with Gasteiger partial charge in [-0.3, -0.25) is 0 Å². The lowest BCUT2D eigenvalue weighted by molar-refractivity contribution is 0.594. The summed E-state index contributed by atoms with van der Waals surface area (Å²) >= 11 is 1.83. The van der Waals surface area contributed by atoms with Crippen molar-refractivity contribution in [3.8, 4) is 0 Å². The maximum absolute atomic E-state index is 4.87. The molecule has 21 heavy (non-hydrogen) atoms. The topological polar surface area (TPSA) is 24.9 Å². The van der Waals surface area contributed by atoms with Crippen molar-refractivity contribution in [2.75, 3.05) is 6.54 Å². The van der Waals surface area contributed by atoms with Gasteiger partial charge in [0.15, 0.2) is 0 Å². The fourth-order valence-corrected chi connectivity index (χ4v) is 3.60. The maximum Gasteiger partial charge on any atom is 0.115 e. The molecular formula is C18H26N2S. The van der Waals surface area contributed by atoms with Crippen LogP contribution in [0.15, 0.2) is 18.2 Å². The molecule has 0 saturated heterocycles. The molecular weight excluding hydrogens is 276 g/mol. The molecule has 0 saturated carbocycles. The van der Waals surface area contributed by atoms with E-state index in [4.69, 9.17) is 4.98 Å². The van der Waals surface area contributed by atoms with Gasteiger partial charge in [-0.15, -0.1) is 11.3 Å². The summed E-state index contributed by atoms with van der Waals surface area (Å²) in [5, 5.41) is 4.86. The molecule has 1 heterocycles. The minimum absolute atomic E-state index is 0.216. The van der Waals surface area contributed by atoms with Gasteiger partial charge in [0.1, 0.15) is 5.01 Å². The number of hydrogen-bond donors (Lipinski definition) is 1. The zero-order valence-electron chi connectivity index (χ0n) is 13.8. The number of nitrogens with one attached hydrogen (secondary N) is 1. The van der Waals surface area contributed by atoms with Crippen LogP contribution in [-0.2, 0) is 6.42 Å². The molecule has 0 radical (unpaired) electrons. The van der Waals surface area contributed by atoms with Crippen molar-refractivity contribution < 1.29 is 0 Å². The van der Waals surface area contributed by atoms with E-state index in [2.05, 4.69) is 58.1 Å². The molecule has 2 rings (SSSR count). The normalized spacial score (nSPS) is 12.6. The van der Waals surface area contributed by atoms with Gasteiger partial charge < -0.3 is 5.32 Å². The quantitative estimate of drug-likeness (QED) is 0.835. The van der Waals surface area contributed by atoms with Crippen LogP contribution in [0.4, 0.5) is 0 Å². The molecule has 0 aliphatic rings. The average Bonchev–Trinajstić information content (AvgIpc) is 2.84. The van der Waals surface area contributed by atoms with Crippen LogP contribution in [0.2, 0.25) is 0 Å². The summed E-state index contributed by atoms with van der Waals surface area (Å²) in [7, 11) is 0. The molecule has 1 aromatic heterocycles. The van der Waals surface area contributed by atoms with Gasteiger partial charge in [0, 0.05) is 4.88 Å². The van der Waals surface area contributed by atoms with Crippen LogP contribution in [-0.4, -0.2) is 11.5 Å². The van der Waals surface area contributed by atoms with Crippen LogP contribution in [0, 0.1) is 20.8 Å². The number of nitrogens with zero attached hydrogens (tertiary/aromatic N) is 1. The van der Waals surface area contributed by atoms with E-state index < -0.39 is 0 Å². The number of thiazole rings is 1. The van der Waals surface area contributed by atoms with Crippen LogP contribution < -0.4 is 5.32 Å². The second-order valence-corrected chi connectivity index (χ2v) is 6.87. The molecule has 2 aromatic rings. The number of aromatic nitrogens is 1. The monoisotopic (exact) mass is 302 g/mol. The van der Waals surface area contributed by atoms with Gasteiger partial charge in [-0.05, 0) is 56.8 Å². The Hall–Kier alpha value is -1.19. The van der Waals surface area contributed by atoms with Crippen LogP contribution >= 0.6 is 11.3 Å². The lowest BCUT2D eigenvalue weighted by Crippen LogP contribution is -2.23. The van der Waals surface area contributed by atoms with Gasteiger partial charge in [0.2, 0.25) is 0 Å². The first-order chi connectivity index (χ1) is 10.1. The SMILES string of the molecule is CCCNC(c1ccc(C)c(C)c1)c1nc(CC)c(C)s1. The lowest BCUT2D eigenvalue weighted by Gasteiger charge is -2.18. The average molecular weight is 302 g/mol. The molecule has 1 N–H and O–H groups in total. The molecule has 0 aliphatic carbocycles. The van der Waals surface area contributed by atoms with Crippen molar-refractivity contribution in [3.05, 3.63) is 50.5 Å². The van der Waals surface area contributed by atoms with E-state index in [1.807, 2.05) is 11.3 Å². The number of rotatable bonds is 6. The zero-order chi connectivity index (χ0) is 15.4. The Morgan fingerprint density at radius 3 is 2.48 bits per heavy atom. The van der Waals surface area contributed by atoms with Crippen molar-refractivity contribution in [2.24, 2.45) is 0 Å². The van der Waals surface area contributed by atoms with Crippen molar-refractivity contribution in [3.63, 3.8) is 0 Å². The first-order valence-electron chi connectivity index (χ1n) is 7.83. The molecule has 1 atom stereocenters. The van der Waals surface area contributed by atoms with Gasteiger partial charge in [0.25, 0.3) is 0 Å². The highest BCUT2D eigenvalue weighted by Gasteiger charge is 2.19. The Morgan fingerprint density at radius 1 is 1.14 bits per heavy atom. The molecule has 0 fully saturated rings. The zero-order valence-corrected chi connectivity index (χ0v) is 14.6. The minimum Gasteiger partial charge on any atom is -0.304 e. The van der Waals surface area contributed by atoms with Gasteiger partial charge in [-0.25, -0.2) is 4.98 Å². The first kappa shape index (κ1) is 16.2. The Morgan fingerprint density at radius 2 is 1.90 bits per heavy atom. The smallest absolute Gasteiger partial charge is 0.115 e. The molecule has 0 spiro atoms. The molecule has 0 amide bonds. The fourth-order valence-electron chi connectivity index (χ4n) is 2.48. The molecule has 114 valence electrons. The van der Waals surface area contributed by atoms with Crippen molar-refractivity contribution >= 4 is 11.3 Å². The number of benzene rings is 1. The Kier molecular flexibility index (Phi) is 5.54. The van der Waals surface area contributed by atoms with E-state index in [9.17, 15) is 0 Å². The Labute approximate surface area is 132 Å². The molecule has 1 unspecified atom stereocenters. The predicted octanol–water partition coefficient (Wildman–Crippen LogP) is 4.72. The summed E-state index contributed by atoms with van der Waals surface area (Å²) in [5.41, 5.74) is 5.25. The summed E-state index contributed by atoms with van der Waals surface area (Å²) in [6, 6.07) is 6.96. The molecule has 2 nitrogen and oxygen atoms in total. The maximum atomic E-state index is 4.87. The van der Waals surface area contributed by atoms with Crippen LogP contribution in [0.1, 0.15) is 58.6 Å². The van der Waals surface area contributed by atoms with Crippen molar-refractivity contribution in [1.82, 2.24) is 10.3 Å². The van der Waals surface area contributed by atoms with E-state index >= 15 is 0 Å². The Bertz CT molecular complexity index is 601. The lowest BCUT2D eigenvalue weighted by atomic mass is 10.0. The molecule has 0 aliphatic heterocycles. The highest BCUT2D eigenvalue weighted by molar-refractivity contribution is 7.11. The summed E-state index contributed by atoms with van der Waals surface area (Å²) in [5.74, 6) is 0. The predicted molar refractivity (Wildman–Crippen MR) is 92.3 cm³/mol. The summed E-state index contributed by atoms with van der Waals surface area (Å²) in [6.07, 6.45) is 2.14. The largest absolute Gasteiger partial charge is 0.304 e. The Balaban J connectivity index is 2.38. The van der Waals surface area contributed by atoms with E-state index in [-0.39, 0.29) is 6.04 Å². The standard InChI is InChI=1S/C18H26N2S/c1-6-10-19-17(15-9-8-12(3)13(4)11-15)18-20-16(7-2)14(5)21-18/h8-9,11,17,19H,6-7,10H2,1-5H3. The third-order valence-corrected chi connectivity index (χ3v) is 5.03. The van der Waals surface area contributed by atoms with Gasteiger partial charge in [-0.1, -0.05) is 32.0 Å². The molecule has 1 aromatic carbocycles. The van der Waals surface area contributed by atoms with Crippen LogP contribution in [0.25, 0.3) is 0 Å². The highest BCUT2D eigenvalue weighted by atomic mass is 32.1. The highest BCUT2D eigenvalue weighted by Crippen LogP contribution is 2.29. The third kappa shape index (κ3) is 3.72. The minimum atomic E-state index is 0.216. The van der Waals surface area contributed by atoms with Gasteiger partial charge in [0.05, 0.1) is 11.7 Å². The van der Waals surface area contributed by atoms with E-state index in [1.165, 1.54) is 32.3 Å². The number of hydrogen-bond acceptors (Lipinski definition) is 3. The van der Waals surface area contributed by atoms with E-state index in [0.29, 0.717) is 0 Å². The fraction of sp³-hybridized carbons (Fsp3) is 0.500. The van der Waals surface area contributed by atoms with E-state index in [1.54, 1.807) is 0 Å². The van der Waals surface area contributed by atoms with Crippen LogP contribution in [0.3, 0.4) is 0 Å². The molecule has 3 heteroatoms. The summed E-state index contributed by atoms with van der Waals surface area (Å²) in [4.78, 5) is 6.21. The van der Waals surface area contributed by atoms with Crippen LogP contribution in [0.5, 0.6) is 0 Å². The van der Waals surface area contributed by atoms with Crippen molar-refractivity contribution in [2.45, 2.75) is 53.5 Å². The number of aryl methyl sites for hydroxylation is 4. The second kappa shape index (κ2) is 7.19. The summed E-state index contributed by atoms with van der Waals surface area (Å²) < 4.78 is 0. The van der Waals surface area contributed by atoms with Gasteiger partial charge in [-0.2, -0.15) is 0 Å². The van der Waals surface area contributed by atoms with Crippen molar-refractivity contribution in [1.29, 1.82) is 0 Å². The first-order valence-corrected chi connectivity index (χ1v) is 8.65. The van der Waals surface area contributed by atoms with E-state index in [0.717, 1.165) is 19.4 Å². The third-order valence-electron chi connectivity index (χ3n) is 3.95. The summed E-state index contributed by atoms with van der Waals surface area (Å²) in [6.45, 7) is 11.9. The second-order valence-electron chi connectivity index (χ2n) is 5.64. The molecule has 0 bridgehead atoms. The van der Waals surface area contributed by atoms with Gasteiger partial charge >= 0.3 is 0 Å².